The van der Waals surface area contributed by atoms with E-state index < -0.39 is 0 Å². The monoisotopic (exact) mass is 703 g/mol. The molecule has 1 nitrogen and oxygen atoms in total. The van der Waals surface area contributed by atoms with E-state index in [1.807, 2.05) is 11.3 Å². The summed E-state index contributed by atoms with van der Waals surface area (Å²) in [7, 11) is 0. The third-order valence-electron chi connectivity index (χ3n) is 11.0. The Morgan fingerprint density at radius 3 is 1.70 bits per heavy atom. The summed E-state index contributed by atoms with van der Waals surface area (Å²) < 4.78 is 2.58. The van der Waals surface area contributed by atoms with E-state index in [4.69, 9.17) is 0 Å². The average molecular weight is 704 g/mol. The summed E-state index contributed by atoms with van der Waals surface area (Å²) in [6, 6.07) is 73.7. The van der Waals surface area contributed by atoms with Crippen LogP contribution in [0.3, 0.4) is 0 Å². The van der Waals surface area contributed by atoms with Crippen LogP contribution in [-0.4, -0.2) is 0 Å². The molecule has 11 aromatic rings. The highest BCUT2D eigenvalue weighted by Crippen LogP contribution is 2.49. The Morgan fingerprint density at radius 2 is 0.926 bits per heavy atom. The minimum absolute atomic E-state index is 1.12. The van der Waals surface area contributed by atoms with E-state index in [-0.39, 0.29) is 0 Å². The van der Waals surface area contributed by atoms with Gasteiger partial charge in [-0.1, -0.05) is 146 Å². The van der Waals surface area contributed by atoms with E-state index in [2.05, 4.69) is 205 Å². The van der Waals surface area contributed by atoms with Crippen LogP contribution in [0.1, 0.15) is 0 Å². The van der Waals surface area contributed by atoms with Crippen LogP contribution in [0.2, 0.25) is 0 Å². The van der Waals surface area contributed by atoms with Gasteiger partial charge in [0.25, 0.3) is 0 Å². The molecule has 0 fully saturated rings. The third kappa shape index (κ3) is 4.99. The van der Waals surface area contributed by atoms with Crippen molar-refractivity contribution in [1.82, 2.24) is 0 Å². The molecule has 0 saturated heterocycles. The lowest BCUT2D eigenvalue weighted by Crippen LogP contribution is -2.11. The van der Waals surface area contributed by atoms with E-state index in [9.17, 15) is 0 Å². The van der Waals surface area contributed by atoms with Gasteiger partial charge >= 0.3 is 0 Å². The molecule has 2 heteroatoms. The summed E-state index contributed by atoms with van der Waals surface area (Å²) in [6.07, 6.45) is 0. The number of thiophene rings is 1. The lowest BCUT2D eigenvalue weighted by atomic mass is 9.91. The molecule has 0 aliphatic rings. The van der Waals surface area contributed by atoms with Gasteiger partial charge in [-0.15, -0.1) is 11.3 Å². The van der Waals surface area contributed by atoms with Gasteiger partial charge in [-0.25, -0.2) is 0 Å². The molecule has 0 aliphatic carbocycles. The molecule has 0 atom stereocenters. The van der Waals surface area contributed by atoms with Crippen LogP contribution in [0, 0.1) is 0 Å². The van der Waals surface area contributed by atoms with Gasteiger partial charge < -0.3 is 4.90 Å². The van der Waals surface area contributed by atoms with Gasteiger partial charge in [0.2, 0.25) is 0 Å². The predicted octanol–water partition coefficient (Wildman–Crippen LogP) is 15.5. The first-order valence-electron chi connectivity index (χ1n) is 18.5. The molecular formula is C52H33NS. The van der Waals surface area contributed by atoms with Crippen molar-refractivity contribution in [3.8, 4) is 22.3 Å². The smallest absolute Gasteiger partial charge is 0.0555 e. The molecule has 0 unspecified atom stereocenters. The topological polar surface area (TPSA) is 3.24 Å². The average Bonchev–Trinajstić information content (AvgIpc) is 3.61. The molecule has 1 aromatic heterocycles. The van der Waals surface area contributed by atoms with Crippen LogP contribution in [0.4, 0.5) is 17.1 Å². The number of hydrogen-bond donors (Lipinski definition) is 0. The summed E-state index contributed by atoms with van der Waals surface area (Å²) >= 11 is 1.88. The van der Waals surface area contributed by atoms with Crippen LogP contribution in [0.25, 0.3) is 85.5 Å². The molecule has 0 saturated carbocycles. The zero-order valence-corrected chi connectivity index (χ0v) is 30.2. The van der Waals surface area contributed by atoms with Gasteiger partial charge in [-0.3, -0.25) is 0 Å². The minimum Gasteiger partial charge on any atom is -0.309 e. The molecule has 54 heavy (non-hydrogen) atoms. The van der Waals surface area contributed by atoms with Crippen molar-refractivity contribution in [1.29, 1.82) is 0 Å². The number of hydrogen-bond acceptors (Lipinski definition) is 2. The van der Waals surface area contributed by atoms with E-state index in [1.165, 1.54) is 91.2 Å². The fourth-order valence-corrected chi connectivity index (χ4v) is 9.60. The normalized spacial score (nSPS) is 11.7. The van der Waals surface area contributed by atoms with Crippen molar-refractivity contribution < 1.29 is 0 Å². The van der Waals surface area contributed by atoms with Crippen LogP contribution in [0.5, 0.6) is 0 Å². The van der Waals surface area contributed by atoms with Crippen molar-refractivity contribution >= 4 is 91.7 Å². The molecule has 0 N–H and O–H groups in total. The maximum atomic E-state index is 2.51. The third-order valence-corrected chi connectivity index (χ3v) is 12.1. The molecule has 11 rings (SSSR count). The first-order valence-corrected chi connectivity index (χ1v) is 19.3. The van der Waals surface area contributed by atoms with Crippen molar-refractivity contribution in [3.05, 3.63) is 200 Å². The van der Waals surface area contributed by atoms with Gasteiger partial charge in [0.1, 0.15) is 0 Å². The molecule has 0 radical (unpaired) electrons. The Morgan fingerprint density at radius 1 is 0.315 bits per heavy atom. The molecule has 0 spiro atoms. The number of nitrogens with zero attached hydrogens (tertiary/aromatic N) is 1. The molecule has 0 aliphatic heterocycles. The first-order chi connectivity index (χ1) is 26.8. The van der Waals surface area contributed by atoms with Crippen LogP contribution < -0.4 is 4.90 Å². The summed E-state index contributed by atoms with van der Waals surface area (Å²) in [6.45, 7) is 0. The fraction of sp³-hybridized carbons (Fsp3) is 0. The predicted molar refractivity (Wildman–Crippen MR) is 235 cm³/mol. The summed E-state index contributed by atoms with van der Waals surface area (Å²) in [5, 5.41) is 12.6. The van der Waals surface area contributed by atoms with Crippen molar-refractivity contribution in [3.63, 3.8) is 0 Å². The Labute approximate surface area is 317 Å². The largest absolute Gasteiger partial charge is 0.309 e. The molecule has 0 bridgehead atoms. The quantitative estimate of drug-likeness (QED) is 0.161. The number of fused-ring (bicyclic) bond motifs is 8. The molecular weight excluding hydrogens is 671 g/mol. The van der Waals surface area contributed by atoms with Crippen molar-refractivity contribution in [2.75, 3.05) is 4.90 Å². The number of anilines is 3. The van der Waals surface area contributed by atoms with E-state index in [0.29, 0.717) is 0 Å². The Kier molecular flexibility index (Phi) is 7.11. The highest BCUT2D eigenvalue weighted by molar-refractivity contribution is 7.26. The fourth-order valence-electron chi connectivity index (χ4n) is 8.44. The molecule has 10 aromatic carbocycles. The van der Waals surface area contributed by atoms with Gasteiger partial charge in [0, 0.05) is 31.2 Å². The van der Waals surface area contributed by atoms with E-state index >= 15 is 0 Å². The second kappa shape index (κ2) is 12.4. The highest BCUT2D eigenvalue weighted by atomic mass is 32.1. The SMILES string of the molecule is c1ccc(-c2ccc(N(c3cc(-c4cc5ccccc5c5ccccc45)cc4ccccc34)c3cccc4sc5cc6ccccc6cc5c34)cc2)cc1. The van der Waals surface area contributed by atoms with Gasteiger partial charge in [-0.2, -0.15) is 0 Å². The van der Waals surface area contributed by atoms with Gasteiger partial charge in [-0.05, 0) is 115 Å². The zero-order chi connectivity index (χ0) is 35.6. The Hall–Kier alpha value is -6.74. The van der Waals surface area contributed by atoms with Crippen LogP contribution in [-0.2, 0) is 0 Å². The zero-order valence-electron chi connectivity index (χ0n) is 29.4. The summed E-state index contributed by atoms with van der Waals surface area (Å²) in [5.74, 6) is 0. The summed E-state index contributed by atoms with van der Waals surface area (Å²) in [4.78, 5) is 2.51. The molecule has 1 heterocycles. The lowest BCUT2D eigenvalue weighted by molar-refractivity contribution is 1.32. The Balaban J connectivity index is 1.22. The molecule has 252 valence electrons. The second-order valence-electron chi connectivity index (χ2n) is 14.1. The van der Waals surface area contributed by atoms with E-state index in [1.54, 1.807) is 0 Å². The maximum absolute atomic E-state index is 2.51. The van der Waals surface area contributed by atoms with Crippen LogP contribution in [0.15, 0.2) is 200 Å². The highest BCUT2D eigenvalue weighted by Gasteiger charge is 2.22. The second-order valence-corrected chi connectivity index (χ2v) is 15.2. The number of rotatable bonds is 5. The molecule has 0 amide bonds. The summed E-state index contributed by atoms with van der Waals surface area (Å²) in [5.41, 5.74) is 8.29. The Bertz CT molecular complexity index is 3210. The first kappa shape index (κ1) is 30.8. The minimum atomic E-state index is 1.12. The maximum Gasteiger partial charge on any atom is 0.0555 e. The lowest BCUT2D eigenvalue weighted by Gasteiger charge is -2.29. The van der Waals surface area contributed by atoms with Gasteiger partial charge in [0.05, 0.1) is 11.4 Å². The van der Waals surface area contributed by atoms with Gasteiger partial charge in [0.15, 0.2) is 0 Å². The number of benzene rings is 10. The standard InChI is InChI=1S/C52H33NS/c1-2-13-34(14-3-1)35-25-27-41(28-26-35)53(48-23-12-24-50-52(48)47-30-36-15-4-5-16-37(36)33-51(47)54-50)49-32-40(29-38-17-7-9-20-43(38)49)46-31-39-18-6-8-19-42(39)44-21-10-11-22-45(44)46/h1-33H. The van der Waals surface area contributed by atoms with Crippen LogP contribution >= 0.6 is 11.3 Å². The van der Waals surface area contributed by atoms with E-state index in [0.717, 1.165) is 11.4 Å². The van der Waals surface area contributed by atoms with Crippen molar-refractivity contribution in [2.24, 2.45) is 0 Å². The van der Waals surface area contributed by atoms with Crippen molar-refractivity contribution in [2.45, 2.75) is 0 Å².